The summed E-state index contributed by atoms with van der Waals surface area (Å²) in [5, 5.41) is 4.77. The molecule has 0 unspecified atom stereocenters. The number of nitrogens with one attached hydrogen (secondary N) is 2. The third-order valence-electron chi connectivity index (χ3n) is 4.77. The van der Waals surface area contributed by atoms with Crippen LogP contribution >= 0.6 is 0 Å². The normalized spacial score (nSPS) is 14.9. The van der Waals surface area contributed by atoms with Gasteiger partial charge in [-0.05, 0) is 44.2 Å². The summed E-state index contributed by atoms with van der Waals surface area (Å²) in [5.74, 6) is -0.355. The van der Waals surface area contributed by atoms with E-state index in [0.717, 1.165) is 19.3 Å². The number of ether oxygens (including phenoxy) is 4. The van der Waals surface area contributed by atoms with Crippen molar-refractivity contribution >= 4 is 17.9 Å². The number of fused-ring (bicyclic) bond motifs is 1. The number of rotatable bonds is 7. The first-order valence-corrected chi connectivity index (χ1v) is 9.97. The van der Waals surface area contributed by atoms with Gasteiger partial charge < -0.3 is 24.3 Å². The van der Waals surface area contributed by atoms with E-state index in [9.17, 15) is 14.4 Å². The average Bonchev–Trinajstić information content (AvgIpc) is 2.77. The molecule has 9 heteroatoms. The first-order chi connectivity index (χ1) is 14.6. The molecule has 0 spiro atoms. The summed E-state index contributed by atoms with van der Waals surface area (Å²) < 4.78 is 21.1. The fourth-order valence-electron chi connectivity index (χ4n) is 3.28. The lowest BCUT2D eigenvalue weighted by Gasteiger charge is -2.21. The number of esters is 1. The van der Waals surface area contributed by atoms with Crippen LogP contribution in [0.4, 0.5) is 4.79 Å². The molecule has 2 N–H and O–H groups in total. The predicted octanol–water partition coefficient (Wildman–Crippen LogP) is 2.34. The van der Waals surface area contributed by atoms with Crippen molar-refractivity contribution in [3.63, 3.8) is 0 Å². The molecule has 0 atom stereocenters. The van der Waals surface area contributed by atoms with Gasteiger partial charge >= 0.3 is 12.0 Å². The van der Waals surface area contributed by atoms with Gasteiger partial charge in [0.05, 0.1) is 12.7 Å². The third kappa shape index (κ3) is 5.88. The number of carbonyl (C=O) groups is 3. The number of urea groups is 1. The number of amides is 3. The predicted molar refractivity (Wildman–Crippen MR) is 107 cm³/mol. The van der Waals surface area contributed by atoms with E-state index in [1.54, 1.807) is 0 Å². The number of benzene rings is 1. The van der Waals surface area contributed by atoms with E-state index in [-0.39, 0.29) is 5.56 Å². The molecule has 3 amide bonds. The van der Waals surface area contributed by atoms with E-state index in [1.807, 2.05) is 0 Å². The van der Waals surface area contributed by atoms with Crippen LogP contribution in [-0.2, 0) is 9.53 Å². The fraction of sp³-hybridized carbons (Fsp3) is 0.476. The van der Waals surface area contributed by atoms with Crippen molar-refractivity contribution in [2.24, 2.45) is 0 Å². The highest BCUT2D eigenvalue weighted by molar-refractivity contribution is 5.97. The van der Waals surface area contributed by atoms with Crippen LogP contribution in [-0.4, -0.2) is 51.4 Å². The third-order valence-corrected chi connectivity index (χ3v) is 4.77. The van der Waals surface area contributed by atoms with Crippen molar-refractivity contribution in [3.8, 4) is 17.2 Å². The zero-order valence-corrected chi connectivity index (χ0v) is 17.0. The summed E-state index contributed by atoms with van der Waals surface area (Å²) in [6, 6.07) is 2.29. The Morgan fingerprint density at radius 3 is 2.73 bits per heavy atom. The lowest BCUT2D eigenvalue weighted by Crippen LogP contribution is -2.41. The fourth-order valence-corrected chi connectivity index (χ4v) is 3.28. The molecule has 0 saturated heterocycles. The molecule has 1 aliphatic heterocycles. The maximum absolute atomic E-state index is 12.3. The summed E-state index contributed by atoms with van der Waals surface area (Å²) in [5.41, 5.74) is 1.48. The molecule has 162 valence electrons. The number of hydrogen-bond donors (Lipinski definition) is 2. The zero-order chi connectivity index (χ0) is 21.3. The van der Waals surface area contributed by atoms with Gasteiger partial charge in [0.1, 0.15) is 13.2 Å². The number of allylic oxidation sites excluding steroid dienone is 1. The number of carbonyl (C=O) groups excluding carboxylic acids is 3. The standard InChI is InChI=1S/C21H26N2O7/c1-27-16-11-15(12-17-19(16)29-10-9-28-17)20(25)30-13-18(24)23-21(26)22-8-7-14-5-3-2-4-6-14/h5,11-12H,2-4,6-10,13H2,1H3,(H2,22,23,24,26). The lowest BCUT2D eigenvalue weighted by atomic mass is 9.97. The van der Waals surface area contributed by atoms with Gasteiger partial charge in [-0.15, -0.1) is 0 Å². The summed E-state index contributed by atoms with van der Waals surface area (Å²) in [4.78, 5) is 36.0. The molecular formula is C21H26N2O7. The molecule has 30 heavy (non-hydrogen) atoms. The minimum Gasteiger partial charge on any atom is -0.493 e. The van der Waals surface area contributed by atoms with Crippen molar-refractivity contribution in [1.82, 2.24) is 10.6 Å². The van der Waals surface area contributed by atoms with Crippen LogP contribution in [0.3, 0.4) is 0 Å². The van der Waals surface area contributed by atoms with Crippen molar-refractivity contribution < 1.29 is 33.3 Å². The second-order valence-corrected chi connectivity index (χ2v) is 6.94. The summed E-state index contributed by atoms with van der Waals surface area (Å²) in [6.07, 6.45) is 7.51. The summed E-state index contributed by atoms with van der Waals surface area (Å²) in [6.45, 7) is 0.590. The molecule has 0 saturated carbocycles. The number of imide groups is 1. The van der Waals surface area contributed by atoms with Crippen LogP contribution in [0.5, 0.6) is 17.2 Å². The Bertz CT molecular complexity index is 818. The van der Waals surface area contributed by atoms with Crippen molar-refractivity contribution in [1.29, 1.82) is 0 Å². The quantitative estimate of drug-likeness (QED) is 0.516. The van der Waals surface area contributed by atoms with Gasteiger partial charge in [-0.2, -0.15) is 0 Å². The first kappa shape index (κ1) is 21.5. The molecular weight excluding hydrogens is 392 g/mol. The SMILES string of the molecule is COc1cc(C(=O)OCC(=O)NC(=O)NCCC2=CCCCC2)cc2c1OCCO2. The van der Waals surface area contributed by atoms with E-state index < -0.39 is 24.5 Å². The van der Waals surface area contributed by atoms with Crippen LogP contribution in [0, 0.1) is 0 Å². The Morgan fingerprint density at radius 1 is 1.13 bits per heavy atom. The van der Waals surface area contributed by atoms with Gasteiger partial charge in [0.15, 0.2) is 18.1 Å². The molecule has 1 aliphatic carbocycles. The highest BCUT2D eigenvalue weighted by Gasteiger charge is 2.22. The van der Waals surface area contributed by atoms with Crippen LogP contribution in [0.15, 0.2) is 23.8 Å². The first-order valence-electron chi connectivity index (χ1n) is 9.97. The molecule has 0 fully saturated rings. The van der Waals surface area contributed by atoms with Gasteiger partial charge in [0.25, 0.3) is 5.91 Å². The number of hydrogen-bond acceptors (Lipinski definition) is 7. The van der Waals surface area contributed by atoms with Gasteiger partial charge in [0.2, 0.25) is 5.75 Å². The molecule has 1 heterocycles. The Labute approximate surface area is 174 Å². The largest absolute Gasteiger partial charge is 0.493 e. The average molecular weight is 418 g/mol. The summed E-state index contributed by atoms with van der Waals surface area (Å²) >= 11 is 0. The molecule has 0 bridgehead atoms. The molecule has 1 aromatic carbocycles. The van der Waals surface area contributed by atoms with E-state index in [0.29, 0.717) is 37.0 Å². The number of methoxy groups -OCH3 is 1. The van der Waals surface area contributed by atoms with E-state index in [1.165, 1.54) is 37.7 Å². The molecule has 0 radical (unpaired) electrons. The topological polar surface area (TPSA) is 112 Å². The smallest absolute Gasteiger partial charge is 0.338 e. The molecule has 9 nitrogen and oxygen atoms in total. The Kier molecular flexibility index (Phi) is 7.53. The van der Waals surface area contributed by atoms with Crippen molar-refractivity contribution in [3.05, 3.63) is 29.3 Å². The van der Waals surface area contributed by atoms with Gasteiger partial charge in [0, 0.05) is 6.54 Å². The molecule has 0 aromatic heterocycles. The van der Waals surface area contributed by atoms with Crippen LogP contribution in [0.2, 0.25) is 0 Å². The van der Waals surface area contributed by atoms with Crippen molar-refractivity contribution in [2.75, 3.05) is 33.5 Å². The molecule has 1 aromatic rings. The lowest BCUT2D eigenvalue weighted by molar-refractivity contribution is -0.123. The molecule has 3 rings (SSSR count). The van der Waals surface area contributed by atoms with Gasteiger partial charge in [-0.25, -0.2) is 9.59 Å². The minimum absolute atomic E-state index is 0.147. The van der Waals surface area contributed by atoms with Crippen LogP contribution in [0.1, 0.15) is 42.5 Å². The van der Waals surface area contributed by atoms with E-state index in [4.69, 9.17) is 18.9 Å². The second-order valence-electron chi connectivity index (χ2n) is 6.94. The Balaban J connectivity index is 1.43. The van der Waals surface area contributed by atoms with Crippen molar-refractivity contribution in [2.45, 2.75) is 32.1 Å². The maximum Gasteiger partial charge on any atom is 0.338 e. The molecule has 2 aliphatic rings. The Morgan fingerprint density at radius 2 is 1.97 bits per heavy atom. The highest BCUT2D eigenvalue weighted by Crippen LogP contribution is 2.40. The van der Waals surface area contributed by atoms with Crippen LogP contribution in [0.25, 0.3) is 0 Å². The zero-order valence-electron chi connectivity index (χ0n) is 17.0. The Hall–Kier alpha value is -3.23. The van der Waals surface area contributed by atoms with E-state index >= 15 is 0 Å². The summed E-state index contributed by atoms with van der Waals surface area (Å²) in [7, 11) is 1.44. The van der Waals surface area contributed by atoms with E-state index in [2.05, 4.69) is 16.7 Å². The highest BCUT2D eigenvalue weighted by atomic mass is 16.6. The maximum atomic E-state index is 12.3. The minimum atomic E-state index is -0.745. The second kappa shape index (κ2) is 10.5. The van der Waals surface area contributed by atoms with Crippen LogP contribution < -0.4 is 24.8 Å². The monoisotopic (exact) mass is 418 g/mol. The van der Waals surface area contributed by atoms with Gasteiger partial charge in [-0.1, -0.05) is 11.6 Å². The van der Waals surface area contributed by atoms with Gasteiger partial charge in [-0.3, -0.25) is 10.1 Å².